The topological polar surface area (TPSA) is 52.1 Å². The fraction of sp³-hybridized carbons (Fsp3) is 0.600. The molecular formula is C15H22N2O2. The van der Waals surface area contributed by atoms with Gasteiger partial charge in [-0.2, -0.15) is 0 Å². The van der Waals surface area contributed by atoms with Gasteiger partial charge in [0.15, 0.2) is 0 Å². The van der Waals surface area contributed by atoms with Crippen LogP contribution in [0.4, 0.5) is 0 Å². The maximum atomic E-state index is 5.30. The molecule has 4 nitrogen and oxygen atoms in total. The molecule has 2 aromatic rings. The highest BCUT2D eigenvalue weighted by Gasteiger charge is 2.09. The van der Waals surface area contributed by atoms with Crippen LogP contribution in [-0.2, 0) is 19.3 Å². The molecule has 0 fully saturated rings. The van der Waals surface area contributed by atoms with E-state index in [1.807, 2.05) is 12.1 Å². The van der Waals surface area contributed by atoms with Crippen LogP contribution < -0.4 is 0 Å². The Balaban J connectivity index is 1.89. The van der Waals surface area contributed by atoms with E-state index in [0.717, 1.165) is 48.6 Å². The van der Waals surface area contributed by atoms with Crippen molar-refractivity contribution < 1.29 is 9.05 Å². The van der Waals surface area contributed by atoms with Crippen molar-refractivity contribution in [1.82, 2.24) is 10.3 Å². The molecule has 2 aromatic heterocycles. The fourth-order valence-electron chi connectivity index (χ4n) is 2.00. The summed E-state index contributed by atoms with van der Waals surface area (Å²) in [5.41, 5.74) is 1.86. The van der Waals surface area contributed by atoms with E-state index in [0.29, 0.717) is 6.42 Å². The second-order valence-corrected chi connectivity index (χ2v) is 4.95. The van der Waals surface area contributed by atoms with Crippen molar-refractivity contribution in [2.75, 3.05) is 0 Å². The van der Waals surface area contributed by atoms with Crippen LogP contribution in [0.2, 0.25) is 0 Å². The highest BCUT2D eigenvalue weighted by atomic mass is 16.5. The van der Waals surface area contributed by atoms with Crippen LogP contribution in [0, 0.1) is 0 Å². The Morgan fingerprint density at radius 1 is 0.842 bits per heavy atom. The normalized spacial score (nSPS) is 11.1. The Bertz CT molecular complexity index is 444. The van der Waals surface area contributed by atoms with Crippen LogP contribution in [0.25, 0.3) is 0 Å². The van der Waals surface area contributed by atoms with E-state index >= 15 is 0 Å². The standard InChI is InChI=1S/C15H22N2O2/c1-3-5-7-14-10-12(16-18-14)9-13-11-15(19-17-13)8-6-4-2/h10-11H,3-9H2,1-2H3. The van der Waals surface area contributed by atoms with Gasteiger partial charge in [0.25, 0.3) is 0 Å². The number of nitrogens with zero attached hydrogens (tertiary/aromatic N) is 2. The predicted molar refractivity (Wildman–Crippen MR) is 73.0 cm³/mol. The van der Waals surface area contributed by atoms with Crippen LogP contribution in [0.3, 0.4) is 0 Å². The maximum Gasteiger partial charge on any atom is 0.137 e. The molecule has 0 aliphatic rings. The van der Waals surface area contributed by atoms with Gasteiger partial charge in [0.05, 0.1) is 11.4 Å². The number of aryl methyl sites for hydroxylation is 2. The first-order valence-electron chi connectivity index (χ1n) is 7.20. The lowest BCUT2D eigenvalue weighted by atomic mass is 10.1. The molecule has 0 saturated carbocycles. The summed E-state index contributed by atoms with van der Waals surface area (Å²) in [7, 11) is 0. The first-order valence-corrected chi connectivity index (χ1v) is 7.20. The summed E-state index contributed by atoms with van der Waals surface area (Å²) in [5.74, 6) is 1.93. The third kappa shape index (κ3) is 4.23. The monoisotopic (exact) mass is 262 g/mol. The van der Waals surface area contributed by atoms with Gasteiger partial charge in [-0.1, -0.05) is 37.0 Å². The lowest BCUT2D eigenvalue weighted by molar-refractivity contribution is 0.369. The molecule has 0 bridgehead atoms. The summed E-state index contributed by atoms with van der Waals surface area (Å²) < 4.78 is 10.6. The second-order valence-electron chi connectivity index (χ2n) is 4.95. The zero-order valence-electron chi connectivity index (χ0n) is 11.8. The van der Waals surface area contributed by atoms with Gasteiger partial charge in [-0.25, -0.2) is 0 Å². The Hall–Kier alpha value is -1.58. The molecular weight excluding hydrogens is 240 g/mol. The zero-order valence-corrected chi connectivity index (χ0v) is 11.8. The highest BCUT2D eigenvalue weighted by Crippen LogP contribution is 2.14. The molecule has 4 heteroatoms. The van der Waals surface area contributed by atoms with Gasteiger partial charge < -0.3 is 9.05 Å². The summed E-state index contributed by atoms with van der Waals surface area (Å²) in [6.45, 7) is 4.34. The van der Waals surface area contributed by atoms with E-state index in [-0.39, 0.29) is 0 Å². The molecule has 0 saturated heterocycles. The summed E-state index contributed by atoms with van der Waals surface area (Å²) in [4.78, 5) is 0. The third-order valence-electron chi connectivity index (χ3n) is 3.13. The molecule has 0 spiro atoms. The van der Waals surface area contributed by atoms with E-state index in [4.69, 9.17) is 9.05 Å². The molecule has 0 aromatic carbocycles. The van der Waals surface area contributed by atoms with Crippen LogP contribution in [0.15, 0.2) is 21.2 Å². The van der Waals surface area contributed by atoms with Gasteiger partial charge >= 0.3 is 0 Å². The first-order chi connectivity index (χ1) is 9.31. The van der Waals surface area contributed by atoms with Crippen molar-refractivity contribution in [2.24, 2.45) is 0 Å². The first kappa shape index (κ1) is 13.8. The predicted octanol–water partition coefficient (Wildman–Crippen LogP) is 3.94. The number of rotatable bonds is 8. The van der Waals surface area contributed by atoms with Crippen LogP contribution in [-0.4, -0.2) is 10.3 Å². The van der Waals surface area contributed by atoms with Gasteiger partial charge in [-0.3, -0.25) is 0 Å². The molecule has 2 heterocycles. The maximum absolute atomic E-state index is 5.30. The number of hydrogen-bond acceptors (Lipinski definition) is 4. The summed E-state index contributed by atoms with van der Waals surface area (Å²) in [5, 5.41) is 8.16. The van der Waals surface area contributed by atoms with Gasteiger partial charge in [-0.05, 0) is 12.8 Å². The zero-order chi connectivity index (χ0) is 13.5. The fourth-order valence-corrected chi connectivity index (χ4v) is 2.00. The average molecular weight is 262 g/mol. The molecule has 0 unspecified atom stereocenters. The van der Waals surface area contributed by atoms with Gasteiger partial charge in [0.2, 0.25) is 0 Å². The van der Waals surface area contributed by atoms with E-state index in [2.05, 4.69) is 24.2 Å². The van der Waals surface area contributed by atoms with E-state index < -0.39 is 0 Å². The molecule has 0 aliphatic carbocycles. The van der Waals surface area contributed by atoms with Crippen molar-refractivity contribution >= 4 is 0 Å². The van der Waals surface area contributed by atoms with Crippen molar-refractivity contribution in [1.29, 1.82) is 0 Å². The van der Waals surface area contributed by atoms with Crippen LogP contribution in [0.1, 0.15) is 62.4 Å². The lowest BCUT2D eigenvalue weighted by Gasteiger charge is -1.89. The molecule has 0 N–H and O–H groups in total. The Morgan fingerprint density at radius 2 is 1.32 bits per heavy atom. The number of unbranched alkanes of at least 4 members (excludes halogenated alkanes) is 2. The van der Waals surface area contributed by atoms with Crippen LogP contribution in [0.5, 0.6) is 0 Å². The summed E-state index contributed by atoms with van der Waals surface area (Å²) in [6, 6.07) is 4.05. The quantitative estimate of drug-likeness (QED) is 0.723. The van der Waals surface area contributed by atoms with E-state index in [1.165, 1.54) is 12.8 Å². The molecule has 0 radical (unpaired) electrons. The molecule has 19 heavy (non-hydrogen) atoms. The van der Waals surface area contributed by atoms with Gasteiger partial charge in [-0.15, -0.1) is 0 Å². The minimum Gasteiger partial charge on any atom is -0.361 e. The van der Waals surface area contributed by atoms with E-state index in [9.17, 15) is 0 Å². The minimum atomic E-state index is 0.686. The Labute approximate surface area is 114 Å². The highest BCUT2D eigenvalue weighted by molar-refractivity contribution is 5.16. The Morgan fingerprint density at radius 3 is 1.74 bits per heavy atom. The van der Waals surface area contributed by atoms with Crippen LogP contribution >= 0.6 is 0 Å². The number of aromatic nitrogens is 2. The SMILES string of the molecule is CCCCc1cc(Cc2cc(CCCC)on2)no1. The van der Waals surface area contributed by atoms with Crippen molar-refractivity contribution in [3.8, 4) is 0 Å². The molecule has 0 atom stereocenters. The summed E-state index contributed by atoms with van der Waals surface area (Å²) in [6.07, 6.45) is 7.22. The molecule has 0 amide bonds. The average Bonchev–Trinajstić information content (AvgIpc) is 3.04. The third-order valence-corrected chi connectivity index (χ3v) is 3.13. The number of hydrogen-bond donors (Lipinski definition) is 0. The van der Waals surface area contributed by atoms with Gasteiger partial charge in [0.1, 0.15) is 11.5 Å². The Kier molecular flexibility index (Phi) is 5.19. The van der Waals surface area contributed by atoms with Gasteiger partial charge in [0, 0.05) is 31.4 Å². The largest absolute Gasteiger partial charge is 0.361 e. The lowest BCUT2D eigenvalue weighted by Crippen LogP contribution is -1.87. The van der Waals surface area contributed by atoms with Crippen molar-refractivity contribution in [3.63, 3.8) is 0 Å². The summed E-state index contributed by atoms with van der Waals surface area (Å²) >= 11 is 0. The van der Waals surface area contributed by atoms with Crippen molar-refractivity contribution in [2.45, 2.75) is 58.8 Å². The molecule has 2 rings (SSSR count). The van der Waals surface area contributed by atoms with Crippen molar-refractivity contribution in [3.05, 3.63) is 35.0 Å². The second kappa shape index (κ2) is 7.12. The molecule has 0 aliphatic heterocycles. The van der Waals surface area contributed by atoms with E-state index in [1.54, 1.807) is 0 Å². The smallest absolute Gasteiger partial charge is 0.137 e. The molecule has 104 valence electrons. The minimum absolute atomic E-state index is 0.686.